The molecule has 0 unspecified atom stereocenters. The molecule has 2 rings (SSSR count). The molecule has 1 heterocycles. The van der Waals surface area contributed by atoms with Crippen LogP contribution in [0.1, 0.15) is 6.42 Å². The number of nitrogens with two attached hydrogens (primary N) is 1. The van der Waals surface area contributed by atoms with Gasteiger partial charge in [0, 0.05) is 25.4 Å². The number of nitrogens with one attached hydrogen (secondary N) is 1. The summed E-state index contributed by atoms with van der Waals surface area (Å²) < 4.78 is 7.62. The van der Waals surface area contributed by atoms with Crippen molar-refractivity contribution in [3.63, 3.8) is 0 Å². The Kier molecular flexibility index (Phi) is 5.14. The third-order valence-electron chi connectivity index (χ3n) is 2.70. The molecule has 0 aliphatic heterocycles. The topological polar surface area (TPSA) is 82.2 Å². The molecule has 106 valence electrons. The molecule has 0 saturated carbocycles. The van der Waals surface area contributed by atoms with Crippen molar-refractivity contribution in [2.75, 3.05) is 18.5 Å². The Balaban J connectivity index is 1.91. The molecule has 1 aromatic heterocycles. The van der Waals surface area contributed by atoms with Gasteiger partial charge in [0.15, 0.2) is 0 Å². The fourth-order valence-electron chi connectivity index (χ4n) is 1.72. The highest BCUT2D eigenvalue weighted by Crippen LogP contribution is 2.23. The number of ether oxygens (including phenoxy) is 1. The number of nitrogens with zero attached hydrogens (tertiary/aromatic N) is 2. The number of carbonyl (C=O) groups is 1. The second-order valence-corrected chi connectivity index (χ2v) is 4.23. The van der Waals surface area contributed by atoms with E-state index in [1.54, 1.807) is 18.6 Å². The minimum atomic E-state index is -0.113. The second-order valence-electron chi connectivity index (χ2n) is 4.23. The summed E-state index contributed by atoms with van der Waals surface area (Å²) in [4.78, 5) is 15.5. The SMILES string of the molecule is NCCC(=O)Nc1ccccc1OCCn1ccnc1. The molecule has 0 aliphatic carbocycles. The molecule has 20 heavy (non-hydrogen) atoms. The summed E-state index contributed by atoms with van der Waals surface area (Å²) in [7, 11) is 0. The number of carbonyl (C=O) groups excluding carboxylic acids is 1. The first-order valence-electron chi connectivity index (χ1n) is 6.47. The van der Waals surface area contributed by atoms with Crippen molar-refractivity contribution < 1.29 is 9.53 Å². The lowest BCUT2D eigenvalue weighted by Gasteiger charge is -2.12. The van der Waals surface area contributed by atoms with Gasteiger partial charge in [-0.3, -0.25) is 4.79 Å². The quantitative estimate of drug-likeness (QED) is 0.796. The van der Waals surface area contributed by atoms with Crippen molar-refractivity contribution in [1.29, 1.82) is 0 Å². The maximum Gasteiger partial charge on any atom is 0.225 e. The first kappa shape index (κ1) is 14.1. The van der Waals surface area contributed by atoms with E-state index in [0.717, 1.165) is 0 Å². The summed E-state index contributed by atoms with van der Waals surface area (Å²) in [6.45, 7) is 1.53. The predicted octanol–water partition coefficient (Wildman–Crippen LogP) is 1.25. The van der Waals surface area contributed by atoms with Gasteiger partial charge in [-0.1, -0.05) is 12.1 Å². The van der Waals surface area contributed by atoms with Crippen LogP contribution in [0.4, 0.5) is 5.69 Å². The number of anilines is 1. The number of benzene rings is 1. The molecule has 0 fully saturated rings. The lowest BCUT2D eigenvalue weighted by molar-refractivity contribution is -0.116. The van der Waals surface area contributed by atoms with Crippen molar-refractivity contribution in [1.82, 2.24) is 9.55 Å². The molecule has 0 spiro atoms. The van der Waals surface area contributed by atoms with Crippen LogP contribution in [0.5, 0.6) is 5.75 Å². The Morgan fingerprint density at radius 3 is 3.00 bits per heavy atom. The Bertz CT molecular complexity index is 540. The third-order valence-corrected chi connectivity index (χ3v) is 2.70. The molecule has 0 saturated heterocycles. The zero-order chi connectivity index (χ0) is 14.2. The number of rotatable bonds is 7. The summed E-state index contributed by atoms with van der Waals surface area (Å²) in [6, 6.07) is 7.35. The highest BCUT2D eigenvalue weighted by molar-refractivity contribution is 5.92. The summed E-state index contributed by atoms with van der Waals surface area (Å²) in [5, 5.41) is 2.79. The summed E-state index contributed by atoms with van der Waals surface area (Å²) in [5.74, 6) is 0.538. The van der Waals surface area contributed by atoms with E-state index in [9.17, 15) is 4.79 Å². The van der Waals surface area contributed by atoms with Crippen LogP contribution < -0.4 is 15.8 Å². The van der Waals surface area contributed by atoms with Gasteiger partial charge in [0.25, 0.3) is 0 Å². The molecule has 6 heteroatoms. The molecule has 0 bridgehead atoms. The maximum atomic E-state index is 11.6. The standard InChI is InChI=1S/C14H18N4O2/c15-6-5-14(19)17-12-3-1-2-4-13(12)20-10-9-18-8-7-16-11-18/h1-4,7-8,11H,5-6,9-10,15H2,(H,17,19). The van der Waals surface area contributed by atoms with Gasteiger partial charge in [-0.2, -0.15) is 0 Å². The zero-order valence-electron chi connectivity index (χ0n) is 11.2. The average Bonchev–Trinajstić information content (AvgIpc) is 2.94. The van der Waals surface area contributed by atoms with E-state index < -0.39 is 0 Å². The van der Waals surface area contributed by atoms with Crippen LogP contribution in [0, 0.1) is 0 Å². The maximum absolute atomic E-state index is 11.6. The van der Waals surface area contributed by atoms with Crippen LogP contribution in [0.15, 0.2) is 43.0 Å². The highest BCUT2D eigenvalue weighted by Gasteiger charge is 2.06. The van der Waals surface area contributed by atoms with Crippen molar-refractivity contribution in [2.24, 2.45) is 5.73 Å². The Labute approximate surface area is 117 Å². The molecule has 6 nitrogen and oxygen atoms in total. The van der Waals surface area contributed by atoms with Gasteiger partial charge in [-0.25, -0.2) is 4.98 Å². The third kappa shape index (κ3) is 4.10. The fourth-order valence-corrected chi connectivity index (χ4v) is 1.72. The first-order valence-corrected chi connectivity index (χ1v) is 6.47. The largest absolute Gasteiger partial charge is 0.490 e. The smallest absolute Gasteiger partial charge is 0.225 e. The van der Waals surface area contributed by atoms with Gasteiger partial charge in [-0.05, 0) is 12.1 Å². The van der Waals surface area contributed by atoms with E-state index in [-0.39, 0.29) is 5.91 Å². The van der Waals surface area contributed by atoms with Crippen LogP contribution in [0.3, 0.4) is 0 Å². The molecule has 0 radical (unpaired) electrons. The molecule has 1 amide bonds. The van der Waals surface area contributed by atoms with Crippen LogP contribution >= 0.6 is 0 Å². The van der Waals surface area contributed by atoms with E-state index in [2.05, 4.69) is 10.3 Å². The first-order chi connectivity index (χ1) is 9.79. The number of imidazole rings is 1. The number of hydrogen-bond donors (Lipinski definition) is 2. The Morgan fingerprint density at radius 1 is 1.40 bits per heavy atom. The Hall–Kier alpha value is -2.34. The highest BCUT2D eigenvalue weighted by atomic mass is 16.5. The number of amides is 1. The normalized spacial score (nSPS) is 10.2. The molecule has 0 aliphatic rings. The lowest BCUT2D eigenvalue weighted by Crippen LogP contribution is -2.17. The number of aromatic nitrogens is 2. The van der Waals surface area contributed by atoms with Crippen molar-refractivity contribution >= 4 is 11.6 Å². The number of hydrogen-bond acceptors (Lipinski definition) is 4. The van der Waals surface area contributed by atoms with Crippen molar-refractivity contribution in [3.8, 4) is 5.75 Å². The summed E-state index contributed by atoms with van der Waals surface area (Å²) in [5.41, 5.74) is 6.02. The lowest BCUT2D eigenvalue weighted by atomic mass is 10.3. The summed E-state index contributed by atoms with van der Waals surface area (Å²) >= 11 is 0. The molecule has 2 aromatic rings. The van der Waals surface area contributed by atoms with Gasteiger partial charge in [0.1, 0.15) is 12.4 Å². The van der Waals surface area contributed by atoms with Gasteiger partial charge < -0.3 is 20.4 Å². The van der Waals surface area contributed by atoms with Crippen LogP contribution in [0.25, 0.3) is 0 Å². The number of para-hydroxylation sites is 2. The molecule has 3 N–H and O–H groups in total. The minimum absolute atomic E-state index is 0.113. The zero-order valence-corrected chi connectivity index (χ0v) is 11.2. The van der Waals surface area contributed by atoms with E-state index in [4.69, 9.17) is 10.5 Å². The van der Waals surface area contributed by atoms with E-state index in [0.29, 0.717) is 37.6 Å². The average molecular weight is 274 g/mol. The fraction of sp³-hybridized carbons (Fsp3) is 0.286. The van der Waals surface area contributed by atoms with E-state index >= 15 is 0 Å². The molecule has 1 aromatic carbocycles. The van der Waals surface area contributed by atoms with Crippen LogP contribution in [0.2, 0.25) is 0 Å². The van der Waals surface area contributed by atoms with Gasteiger partial charge in [0.05, 0.1) is 18.6 Å². The molecular weight excluding hydrogens is 256 g/mol. The minimum Gasteiger partial charge on any atom is -0.490 e. The monoisotopic (exact) mass is 274 g/mol. The second kappa shape index (κ2) is 7.30. The summed E-state index contributed by atoms with van der Waals surface area (Å²) in [6.07, 6.45) is 5.63. The van der Waals surface area contributed by atoms with Crippen molar-refractivity contribution in [3.05, 3.63) is 43.0 Å². The van der Waals surface area contributed by atoms with Gasteiger partial charge >= 0.3 is 0 Å². The van der Waals surface area contributed by atoms with Crippen molar-refractivity contribution in [2.45, 2.75) is 13.0 Å². The van der Waals surface area contributed by atoms with Crippen LogP contribution in [-0.4, -0.2) is 28.6 Å². The Morgan fingerprint density at radius 2 is 2.25 bits per heavy atom. The van der Waals surface area contributed by atoms with Gasteiger partial charge in [-0.15, -0.1) is 0 Å². The van der Waals surface area contributed by atoms with E-state index in [1.165, 1.54) is 0 Å². The van der Waals surface area contributed by atoms with Crippen LogP contribution in [-0.2, 0) is 11.3 Å². The predicted molar refractivity (Wildman–Crippen MR) is 76.5 cm³/mol. The molecule has 0 atom stereocenters. The van der Waals surface area contributed by atoms with E-state index in [1.807, 2.05) is 29.0 Å². The molecular formula is C14H18N4O2. The van der Waals surface area contributed by atoms with Gasteiger partial charge in [0.2, 0.25) is 5.91 Å².